The molecule has 0 unspecified atom stereocenters. The van der Waals surface area contributed by atoms with Gasteiger partial charge in [0.1, 0.15) is 18.2 Å². The second-order valence-corrected chi connectivity index (χ2v) is 9.04. The maximum Gasteiger partial charge on any atom is 0.256 e. The van der Waals surface area contributed by atoms with Crippen LogP contribution in [0.5, 0.6) is 5.75 Å². The molecule has 0 aliphatic heterocycles. The molecule has 154 valence electrons. The van der Waals surface area contributed by atoms with Gasteiger partial charge >= 0.3 is 0 Å². The van der Waals surface area contributed by atoms with Crippen molar-refractivity contribution in [1.29, 1.82) is 5.41 Å². The summed E-state index contributed by atoms with van der Waals surface area (Å²) < 4.78 is 28.6. The summed E-state index contributed by atoms with van der Waals surface area (Å²) in [5.74, 6) is 0.133. The van der Waals surface area contributed by atoms with Crippen LogP contribution in [0.15, 0.2) is 78.9 Å². The average molecular weight is 423 g/mol. The molecule has 0 aromatic heterocycles. The Bertz CT molecular complexity index is 1140. The van der Waals surface area contributed by atoms with Crippen LogP contribution in [0.4, 0.5) is 0 Å². The Morgan fingerprint density at radius 3 is 2.27 bits per heavy atom. The molecule has 0 heterocycles. The molecule has 0 atom stereocenters. The highest BCUT2D eigenvalue weighted by molar-refractivity contribution is 7.89. The number of benzene rings is 3. The van der Waals surface area contributed by atoms with E-state index in [-0.39, 0.29) is 11.6 Å². The summed E-state index contributed by atoms with van der Waals surface area (Å²) in [5, 5.41) is 10.7. The Morgan fingerprint density at radius 2 is 1.60 bits per heavy atom. The van der Waals surface area contributed by atoms with Gasteiger partial charge in [-0.1, -0.05) is 54.6 Å². The smallest absolute Gasteiger partial charge is 0.256 e. The van der Waals surface area contributed by atoms with Crippen LogP contribution < -0.4 is 10.1 Å². The number of carbonyl (C=O) groups excluding carboxylic acids is 1. The fourth-order valence-electron chi connectivity index (χ4n) is 2.81. The topological polar surface area (TPSA) is 96.3 Å². The van der Waals surface area contributed by atoms with Crippen LogP contribution in [0.2, 0.25) is 0 Å². The lowest BCUT2D eigenvalue weighted by atomic mass is 10.1. The van der Waals surface area contributed by atoms with Gasteiger partial charge in [0.15, 0.2) is 9.84 Å². The van der Waals surface area contributed by atoms with Crippen molar-refractivity contribution in [3.05, 3.63) is 101 Å². The van der Waals surface area contributed by atoms with Gasteiger partial charge in [-0.05, 0) is 35.4 Å². The first-order valence-corrected chi connectivity index (χ1v) is 11.3. The van der Waals surface area contributed by atoms with E-state index < -0.39 is 15.7 Å². The van der Waals surface area contributed by atoms with Crippen molar-refractivity contribution in [3.63, 3.8) is 0 Å². The summed E-state index contributed by atoms with van der Waals surface area (Å²) in [7, 11) is -3.20. The lowest BCUT2D eigenvalue weighted by Crippen LogP contribution is -2.30. The molecular weight excluding hydrogens is 400 g/mol. The van der Waals surface area contributed by atoms with Gasteiger partial charge in [-0.2, -0.15) is 0 Å². The number of ether oxygens (including phenoxy) is 1. The highest BCUT2D eigenvalue weighted by atomic mass is 32.2. The number of amides is 1. The standard InChI is InChI=1S/C23H22N2O4S/c1-30(27,28)16-18-6-5-7-20(14-18)23(26)25-22(24)19-12-10-17(11-13-19)15-29-21-8-3-2-4-9-21/h2-14H,15-16H2,1H3,(H2,24,25,26). The van der Waals surface area contributed by atoms with Crippen molar-refractivity contribution in [2.45, 2.75) is 12.4 Å². The predicted octanol–water partition coefficient (Wildman–Crippen LogP) is 3.57. The number of nitrogens with one attached hydrogen (secondary N) is 2. The van der Waals surface area contributed by atoms with Crippen LogP contribution in [0.1, 0.15) is 27.0 Å². The van der Waals surface area contributed by atoms with Gasteiger partial charge in [0, 0.05) is 17.4 Å². The zero-order chi connectivity index (χ0) is 21.6. The molecule has 6 nitrogen and oxygen atoms in total. The second kappa shape index (κ2) is 9.37. The fraction of sp³-hybridized carbons (Fsp3) is 0.130. The predicted molar refractivity (Wildman–Crippen MR) is 117 cm³/mol. The van der Waals surface area contributed by atoms with Crippen molar-refractivity contribution in [2.75, 3.05) is 6.26 Å². The van der Waals surface area contributed by atoms with E-state index in [0.717, 1.165) is 17.6 Å². The first-order chi connectivity index (χ1) is 14.3. The number of hydrogen-bond donors (Lipinski definition) is 2. The molecule has 0 saturated heterocycles. The molecule has 3 aromatic carbocycles. The maximum atomic E-state index is 12.5. The lowest BCUT2D eigenvalue weighted by molar-refractivity contribution is 0.0977. The van der Waals surface area contributed by atoms with E-state index in [2.05, 4.69) is 5.32 Å². The van der Waals surface area contributed by atoms with E-state index in [1.165, 1.54) is 6.07 Å². The number of para-hydroxylation sites is 1. The summed E-state index contributed by atoms with van der Waals surface area (Å²) in [4.78, 5) is 12.5. The maximum absolute atomic E-state index is 12.5. The number of carbonyl (C=O) groups is 1. The lowest BCUT2D eigenvalue weighted by Gasteiger charge is -2.10. The molecule has 3 rings (SSSR count). The number of amidine groups is 1. The van der Waals surface area contributed by atoms with E-state index in [1.807, 2.05) is 42.5 Å². The third-order valence-electron chi connectivity index (χ3n) is 4.25. The number of sulfone groups is 1. The fourth-order valence-corrected chi connectivity index (χ4v) is 3.60. The van der Waals surface area contributed by atoms with E-state index >= 15 is 0 Å². The highest BCUT2D eigenvalue weighted by Crippen LogP contribution is 2.13. The summed E-state index contributed by atoms with van der Waals surface area (Å²) in [5.41, 5.74) is 2.32. The monoisotopic (exact) mass is 422 g/mol. The minimum atomic E-state index is -3.20. The summed E-state index contributed by atoms with van der Waals surface area (Å²) >= 11 is 0. The Kier molecular flexibility index (Phi) is 6.64. The van der Waals surface area contributed by atoms with Crippen LogP contribution in [0, 0.1) is 5.41 Å². The molecule has 0 fully saturated rings. The molecule has 1 amide bonds. The van der Waals surface area contributed by atoms with Gasteiger partial charge in [0.25, 0.3) is 5.91 Å². The Labute approximate surface area is 176 Å². The Hall–Kier alpha value is -3.45. The van der Waals surface area contributed by atoms with Crippen LogP contribution in [0.3, 0.4) is 0 Å². The van der Waals surface area contributed by atoms with Crippen LogP contribution in [-0.4, -0.2) is 26.4 Å². The molecule has 0 aliphatic carbocycles. The molecule has 2 N–H and O–H groups in total. The van der Waals surface area contributed by atoms with Crippen molar-refractivity contribution in [2.24, 2.45) is 0 Å². The molecule has 0 bridgehead atoms. The average Bonchev–Trinajstić information content (AvgIpc) is 2.72. The third kappa shape index (κ3) is 6.28. The summed E-state index contributed by atoms with van der Waals surface area (Å²) in [6, 6.07) is 23.0. The number of rotatable bonds is 7. The van der Waals surface area contributed by atoms with Crippen molar-refractivity contribution < 1.29 is 17.9 Å². The SMILES string of the molecule is CS(=O)(=O)Cc1cccc(C(=O)NC(=N)c2ccc(COc3ccccc3)cc2)c1. The third-order valence-corrected chi connectivity index (χ3v) is 5.11. The van der Waals surface area contributed by atoms with Gasteiger partial charge in [0.2, 0.25) is 0 Å². The molecule has 0 spiro atoms. The van der Waals surface area contributed by atoms with Gasteiger partial charge in [-0.25, -0.2) is 8.42 Å². The Balaban J connectivity index is 1.60. The van der Waals surface area contributed by atoms with E-state index in [4.69, 9.17) is 10.1 Å². The summed E-state index contributed by atoms with van der Waals surface area (Å²) in [6.45, 7) is 0.400. The van der Waals surface area contributed by atoms with Gasteiger partial charge in [0.05, 0.1) is 5.75 Å². The van der Waals surface area contributed by atoms with Crippen LogP contribution in [-0.2, 0) is 22.2 Å². The molecule has 3 aromatic rings. The second-order valence-electron chi connectivity index (χ2n) is 6.90. The largest absolute Gasteiger partial charge is 0.489 e. The van der Waals surface area contributed by atoms with E-state index in [1.54, 1.807) is 30.3 Å². The quantitative estimate of drug-likeness (QED) is 0.449. The molecule has 0 aliphatic rings. The van der Waals surface area contributed by atoms with Crippen LogP contribution >= 0.6 is 0 Å². The van der Waals surface area contributed by atoms with Crippen molar-refractivity contribution >= 4 is 21.6 Å². The number of hydrogen-bond acceptors (Lipinski definition) is 5. The minimum Gasteiger partial charge on any atom is -0.489 e. The first-order valence-electron chi connectivity index (χ1n) is 9.24. The van der Waals surface area contributed by atoms with Gasteiger partial charge in [-0.3, -0.25) is 10.2 Å². The van der Waals surface area contributed by atoms with E-state index in [9.17, 15) is 13.2 Å². The molecule has 0 radical (unpaired) electrons. The van der Waals surface area contributed by atoms with Crippen molar-refractivity contribution in [1.82, 2.24) is 5.32 Å². The van der Waals surface area contributed by atoms with Gasteiger partial charge < -0.3 is 10.1 Å². The van der Waals surface area contributed by atoms with E-state index in [0.29, 0.717) is 23.3 Å². The Morgan fingerprint density at radius 1 is 0.900 bits per heavy atom. The highest BCUT2D eigenvalue weighted by Gasteiger charge is 2.12. The van der Waals surface area contributed by atoms with Crippen LogP contribution in [0.25, 0.3) is 0 Å². The molecule has 7 heteroatoms. The first kappa shape index (κ1) is 21.3. The zero-order valence-corrected chi connectivity index (χ0v) is 17.3. The summed E-state index contributed by atoms with van der Waals surface area (Å²) in [6.07, 6.45) is 1.14. The molecule has 30 heavy (non-hydrogen) atoms. The molecule has 0 saturated carbocycles. The zero-order valence-electron chi connectivity index (χ0n) is 16.5. The molecular formula is C23H22N2O4S. The van der Waals surface area contributed by atoms with Crippen molar-refractivity contribution in [3.8, 4) is 5.75 Å². The van der Waals surface area contributed by atoms with Gasteiger partial charge in [-0.15, -0.1) is 0 Å². The minimum absolute atomic E-state index is 0.0379. The normalized spacial score (nSPS) is 11.0.